The zero-order valence-electron chi connectivity index (χ0n) is 21.4. The molecule has 3 fully saturated rings. The number of hydrogen-bond acceptors (Lipinski definition) is 4. The van der Waals surface area contributed by atoms with Gasteiger partial charge in [-0.3, -0.25) is 0 Å². The summed E-state index contributed by atoms with van der Waals surface area (Å²) in [6.07, 6.45) is 13.3. The monoisotopic (exact) mass is 478 g/mol. The molecular weight excluding hydrogens is 436 g/mol. The van der Waals surface area contributed by atoms with Crippen molar-refractivity contribution in [1.82, 2.24) is 0 Å². The van der Waals surface area contributed by atoms with E-state index in [9.17, 15) is 0 Å². The molecule has 2 aromatic rings. The minimum Gasteiger partial charge on any atom is -0.491 e. The van der Waals surface area contributed by atoms with Crippen LogP contribution in [0.3, 0.4) is 0 Å². The van der Waals surface area contributed by atoms with Crippen molar-refractivity contribution in [3.8, 4) is 11.5 Å². The van der Waals surface area contributed by atoms with Gasteiger partial charge in [-0.25, -0.2) is 0 Å². The first-order valence-corrected chi connectivity index (χ1v) is 14.0. The standard InChI is InChI=1S/C31H42O4/c1-2-3-4-5-6-7-27-18-26(14-17-31(27)35-22-30-21-34-30)25-10-8-23(9-11-25)24-12-15-28(16-13-24)32-19-29-20-33-29/h12-18,23,25,29-30H,2-11,19-22H2,1H3. The third-order valence-electron chi connectivity index (χ3n) is 7.85. The molecule has 190 valence electrons. The lowest BCUT2D eigenvalue weighted by Crippen LogP contribution is -2.13. The Labute approximate surface area is 211 Å². The first-order valence-electron chi connectivity index (χ1n) is 14.0. The Kier molecular flexibility index (Phi) is 8.64. The molecule has 2 atom stereocenters. The normalized spacial score (nSPS) is 25.3. The van der Waals surface area contributed by atoms with E-state index in [-0.39, 0.29) is 0 Å². The van der Waals surface area contributed by atoms with Crippen molar-refractivity contribution in [2.75, 3.05) is 26.4 Å². The van der Waals surface area contributed by atoms with Gasteiger partial charge in [0.05, 0.1) is 13.2 Å². The molecule has 4 nitrogen and oxygen atoms in total. The molecule has 0 amide bonds. The van der Waals surface area contributed by atoms with Crippen molar-refractivity contribution in [3.05, 3.63) is 59.2 Å². The Morgan fingerprint density at radius 2 is 1.31 bits per heavy atom. The maximum Gasteiger partial charge on any atom is 0.122 e. The van der Waals surface area contributed by atoms with Gasteiger partial charge in [-0.2, -0.15) is 0 Å². The van der Waals surface area contributed by atoms with Gasteiger partial charge in [0.25, 0.3) is 0 Å². The molecule has 2 unspecified atom stereocenters. The highest BCUT2D eigenvalue weighted by Gasteiger charge is 2.26. The van der Waals surface area contributed by atoms with Gasteiger partial charge in [-0.1, -0.05) is 56.9 Å². The van der Waals surface area contributed by atoms with E-state index >= 15 is 0 Å². The molecule has 0 radical (unpaired) electrons. The van der Waals surface area contributed by atoms with Crippen molar-refractivity contribution < 1.29 is 18.9 Å². The highest BCUT2D eigenvalue weighted by molar-refractivity contribution is 5.39. The van der Waals surface area contributed by atoms with Gasteiger partial charge in [0.2, 0.25) is 0 Å². The Bertz CT molecular complexity index is 908. The Morgan fingerprint density at radius 1 is 0.714 bits per heavy atom. The molecule has 4 heteroatoms. The summed E-state index contributed by atoms with van der Waals surface area (Å²) in [4.78, 5) is 0. The van der Waals surface area contributed by atoms with Gasteiger partial charge in [-0.15, -0.1) is 0 Å². The van der Waals surface area contributed by atoms with Gasteiger partial charge in [0, 0.05) is 0 Å². The zero-order chi connectivity index (χ0) is 23.9. The molecule has 2 heterocycles. The molecule has 0 bridgehead atoms. The topological polar surface area (TPSA) is 43.5 Å². The molecule has 0 N–H and O–H groups in total. The molecular formula is C31H42O4. The van der Waals surface area contributed by atoms with Crippen LogP contribution in [0.4, 0.5) is 0 Å². The fourth-order valence-electron chi connectivity index (χ4n) is 5.41. The number of benzene rings is 2. The lowest BCUT2D eigenvalue weighted by atomic mass is 9.76. The van der Waals surface area contributed by atoms with Crippen LogP contribution in [0.1, 0.15) is 93.2 Å². The van der Waals surface area contributed by atoms with Crippen molar-refractivity contribution in [3.63, 3.8) is 0 Å². The number of unbranched alkanes of at least 4 members (excludes halogenated alkanes) is 4. The predicted molar refractivity (Wildman–Crippen MR) is 140 cm³/mol. The molecule has 2 saturated heterocycles. The van der Waals surface area contributed by atoms with Crippen LogP contribution >= 0.6 is 0 Å². The largest absolute Gasteiger partial charge is 0.491 e. The second-order valence-corrected chi connectivity index (χ2v) is 10.7. The summed E-state index contributed by atoms with van der Waals surface area (Å²) in [6, 6.07) is 15.8. The highest BCUT2D eigenvalue weighted by Crippen LogP contribution is 2.41. The van der Waals surface area contributed by atoms with E-state index in [1.165, 1.54) is 74.5 Å². The van der Waals surface area contributed by atoms with Crippen LogP contribution in [0, 0.1) is 0 Å². The van der Waals surface area contributed by atoms with Crippen molar-refractivity contribution in [2.24, 2.45) is 0 Å². The third-order valence-corrected chi connectivity index (χ3v) is 7.85. The SMILES string of the molecule is CCCCCCCc1cc(C2CCC(c3ccc(OCC4CO4)cc3)CC2)ccc1OCC1CO1. The maximum atomic E-state index is 6.16. The summed E-state index contributed by atoms with van der Waals surface area (Å²) in [5, 5.41) is 0. The van der Waals surface area contributed by atoms with E-state index in [4.69, 9.17) is 18.9 Å². The smallest absolute Gasteiger partial charge is 0.122 e. The number of aryl methyl sites for hydroxylation is 1. The fourth-order valence-corrected chi connectivity index (χ4v) is 5.41. The lowest BCUT2D eigenvalue weighted by Gasteiger charge is -2.29. The van der Waals surface area contributed by atoms with Crippen LogP contribution < -0.4 is 9.47 Å². The van der Waals surface area contributed by atoms with E-state index in [1.807, 2.05) is 0 Å². The minimum absolute atomic E-state index is 0.301. The number of hydrogen-bond donors (Lipinski definition) is 0. The van der Waals surface area contributed by atoms with Crippen molar-refractivity contribution in [1.29, 1.82) is 0 Å². The van der Waals surface area contributed by atoms with Gasteiger partial charge >= 0.3 is 0 Å². The summed E-state index contributed by atoms with van der Waals surface area (Å²) >= 11 is 0. The Hall–Kier alpha value is -2.04. The van der Waals surface area contributed by atoms with E-state index in [1.54, 1.807) is 0 Å². The Morgan fingerprint density at radius 3 is 1.97 bits per heavy atom. The summed E-state index contributed by atoms with van der Waals surface area (Å²) < 4.78 is 22.5. The quantitative estimate of drug-likeness (QED) is 0.213. The van der Waals surface area contributed by atoms with Gasteiger partial charge in [-0.05, 0) is 85.3 Å². The number of epoxide rings is 2. The molecule has 2 aromatic carbocycles. The third kappa shape index (κ3) is 7.47. The minimum atomic E-state index is 0.301. The maximum absolute atomic E-state index is 6.16. The van der Waals surface area contributed by atoms with Crippen LogP contribution in [-0.4, -0.2) is 38.6 Å². The molecule has 1 aliphatic carbocycles. The van der Waals surface area contributed by atoms with E-state index in [2.05, 4.69) is 49.4 Å². The average Bonchev–Trinajstić information content (AvgIpc) is 3.82. The number of ether oxygens (including phenoxy) is 4. The molecule has 0 aromatic heterocycles. The first-order chi connectivity index (χ1) is 17.3. The summed E-state index contributed by atoms with van der Waals surface area (Å²) in [5.74, 6) is 3.35. The second-order valence-electron chi connectivity index (χ2n) is 10.7. The van der Waals surface area contributed by atoms with E-state index < -0.39 is 0 Å². The molecule has 35 heavy (non-hydrogen) atoms. The van der Waals surface area contributed by atoms with E-state index in [0.29, 0.717) is 37.3 Å². The van der Waals surface area contributed by atoms with Crippen molar-refractivity contribution in [2.45, 2.75) is 95.2 Å². The van der Waals surface area contributed by atoms with Crippen LogP contribution in [0.2, 0.25) is 0 Å². The molecule has 3 aliphatic rings. The van der Waals surface area contributed by atoms with Crippen LogP contribution in [0.5, 0.6) is 11.5 Å². The summed E-state index contributed by atoms with van der Waals surface area (Å²) in [7, 11) is 0. The zero-order valence-corrected chi connectivity index (χ0v) is 21.4. The van der Waals surface area contributed by atoms with Gasteiger partial charge in [0.15, 0.2) is 0 Å². The lowest BCUT2D eigenvalue weighted by molar-refractivity contribution is 0.260. The molecule has 0 spiro atoms. The Balaban J connectivity index is 1.15. The molecule has 1 saturated carbocycles. The summed E-state index contributed by atoms with van der Waals surface area (Å²) in [5.41, 5.74) is 4.36. The van der Waals surface area contributed by atoms with Crippen LogP contribution in [0.25, 0.3) is 0 Å². The van der Waals surface area contributed by atoms with Gasteiger partial charge in [0.1, 0.15) is 36.9 Å². The van der Waals surface area contributed by atoms with Crippen LogP contribution in [-0.2, 0) is 15.9 Å². The molecule has 2 aliphatic heterocycles. The summed E-state index contributed by atoms with van der Waals surface area (Å²) in [6.45, 7) is 5.32. The highest BCUT2D eigenvalue weighted by atomic mass is 16.6. The van der Waals surface area contributed by atoms with Gasteiger partial charge < -0.3 is 18.9 Å². The van der Waals surface area contributed by atoms with Crippen LogP contribution in [0.15, 0.2) is 42.5 Å². The number of rotatable bonds is 14. The average molecular weight is 479 g/mol. The predicted octanol–water partition coefficient (Wildman–Crippen LogP) is 7.20. The van der Waals surface area contributed by atoms with E-state index in [0.717, 1.165) is 31.1 Å². The van der Waals surface area contributed by atoms with Crippen molar-refractivity contribution >= 4 is 0 Å². The first kappa shape index (κ1) is 24.6. The second kappa shape index (κ2) is 12.3. The molecule has 5 rings (SSSR count). The fraction of sp³-hybridized carbons (Fsp3) is 0.613.